The highest BCUT2D eigenvalue weighted by Gasteiger charge is 2.50. The summed E-state index contributed by atoms with van der Waals surface area (Å²) in [7, 11) is 1.69. The molecule has 1 spiro atoms. The van der Waals surface area contributed by atoms with Gasteiger partial charge >= 0.3 is 6.16 Å². The summed E-state index contributed by atoms with van der Waals surface area (Å²) in [4.78, 5) is 25.7. The number of carbonyl (C=O) groups is 2. The van der Waals surface area contributed by atoms with Crippen molar-refractivity contribution in [2.45, 2.75) is 51.2 Å². The van der Waals surface area contributed by atoms with Crippen LogP contribution in [-0.4, -0.2) is 37.4 Å². The van der Waals surface area contributed by atoms with E-state index in [4.69, 9.17) is 25.8 Å². The molecule has 0 atom stereocenters. The fourth-order valence-electron chi connectivity index (χ4n) is 4.69. The molecule has 1 N–H and O–H groups in total. The number of aryl methyl sites for hydroxylation is 1. The molecule has 0 saturated heterocycles. The number of amides is 1. The molecule has 7 heteroatoms. The minimum Gasteiger partial charge on any atom is -0.434 e. The lowest BCUT2D eigenvalue weighted by Crippen LogP contribution is -2.49. The van der Waals surface area contributed by atoms with E-state index in [-0.39, 0.29) is 18.6 Å². The largest absolute Gasteiger partial charge is 0.513 e. The van der Waals surface area contributed by atoms with Crippen LogP contribution in [0.5, 0.6) is 0 Å². The van der Waals surface area contributed by atoms with Crippen molar-refractivity contribution in [2.24, 2.45) is 0 Å². The minimum atomic E-state index is -0.804. The Morgan fingerprint density at radius 3 is 2.42 bits per heavy atom. The normalized spacial score (nSPS) is 22.4. The molecule has 0 bridgehead atoms. The Bertz CT molecular complexity index is 1080. The zero-order valence-corrected chi connectivity index (χ0v) is 19.8. The van der Waals surface area contributed by atoms with Crippen LogP contribution in [-0.2, 0) is 19.0 Å². The molecule has 4 rings (SSSR count). The predicted octanol–water partition coefficient (Wildman–Crippen LogP) is 5.66. The second kappa shape index (κ2) is 9.57. The van der Waals surface area contributed by atoms with E-state index in [9.17, 15) is 9.59 Å². The van der Waals surface area contributed by atoms with Crippen molar-refractivity contribution in [3.05, 3.63) is 64.4 Å². The van der Waals surface area contributed by atoms with E-state index in [1.807, 2.05) is 49.4 Å². The van der Waals surface area contributed by atoms with Crippen LogP contribution < -0.4 is 5.32 Å². The van der Waals surface area contributed by atoms with Gasteiger partial charge < -0.3 is 19.5 Å². The number of halogens is 1. The van der Waals surface area contributed by atoms with Gasteiger partial charge in [-0.25, -0.2) is 4.79 Å². The van der Waals surface area contributed by atoms with Gasteiger partial charge in [0.1, 0.15) is 5.76 Å². The lowest BCUT2D eigenvalue weighted by Gasteiger charge is -2.37. The number of methoxy groups -OCH3 is 1. The van der Waals surface area contributed by atoms with Crippen molar-refractivity contribution in [3.8, 4) is 11.1 Å². The quantitative estimate of drug-likeness (QED) is 0.572. The summed E-state index contributed by atoms with van der Waals surface area (Å²) >= 11 is 6.05. The van der Waals surface area contributed by atoms with E-state index in [0.717, 1.165) is 35.1 Å². The van der Waals surface area contributed by atoms with Gasteiger partial charge in [0.15, 0.2) is 0 Å². The average Bonchev–Trinajstić information content (AvgIpc) is 3.06. The molecule has 33 heavy (non-hydrogen) atoms. The van der Waals surface area contributed by atoms with Crippen LogP contribution in [0.1, 0.15) is 43.7 Å². The molecule has 1 fully saturated rings. The number of nitrogens with one attached hydrogen (secondary N) is 1. The Hall–Kier alpha value is -2.83. The molecule has 0 unspecified atom stereocenters. The number of benzene rings is 2. The fraction of sp³-hybridized carbons (Fsp3) is 0.385. The van der Waals surface area contributed by atoms with Crippen molar-refractivity contribution in [3.63, 3.8) is 0 Å². The summed E-state index contributed by atoms with van der Waals surface area (Å²) in [6.45, 7) is 3.84. The van der Waals surface area contributed by atoms with Gasteiger partial charge in [0.05, 0.1) is 23.8 Å². The SMILES string of the molecule is CCOC(=O)OC1=C(c2cc(-c3ccc(Cl)cc3)ccc2C)C(=O)NC12CCC(OC)CC2. The van der Waals surface area contributed by atoms with Gasteiger partial charge in [-0.15, -0.1) is 0 Å². The first kappa shape index (κ1) is 23.3. The molecule has 0 radical (unpaired) electrons. The van der Waals surface area contributed by atoms with Crippen molar-refractivity contribution in [2.75, 3.05) is 13.7 Å². The second-order valence-electron chi connectivity index (χ2n) is 8.50. The summed E-state index contributed by atoms with van der Waals surface area (Å²) in [5.41, 5.74) is 3.18. The summed E-state index contributed by atoms with van der Waals surface area (Å²) < 4.78 is 16.3. The topological polar surface area (TPSA) is 73.9 Å². The molecule has 2 aliphatic rings. The molecule has 2 aromatic carbocycles. The third-order valence-corrected chi connectivity index (χ3v) is 6.75. The van der Waals surface area contributed by atoms with E-state index >= 15 is 0 Å². The smallest absolute Gasteiger partial charge is 0.434 e. The Labute approximate surface area is 198 Å². The van der Waals surface area contributed by atoms with Gasteiger partial charge in [-0.05, 0) is 80.0 Å². The number of rotatable bonds is 5. The summed E-state index contributed by atoms with van der Waals surface area (Å²) in [6.07, 6.45) is 2.06. The molecule has 1 aliphatic heterocycles. The molecule has 1 heterocycles. The van der Waals surface area contributed by atoms with Gasteiger partial charge in [-0.3, -0.25) is 4.79 Å². The van der Waals surface area contributed by atoms with Crippen LogP contribution in [0.25, 0.3) is 16.7 Å². The lowest BCUT2D eigenvalue weighted by molar-refractivity contribution is -0.116. The molecular formula is C26H28ClNO5. The number of carbonyl (C=O) groups excluding carboxylic acids is 2. The summed E-state index contributed by atoms with van der Waals surface area (Å²) in [5.74, 6) is 0.0957. The minimum absolute atomic E-state index is 0.121. The zero-order valence-electron chi connectivity index (χ0n) is 19.1. The maximum Gasteiger partial charge on any atom is 0.513 e. The van der Waals surface area contributed by atoms with Gasteiger partial charge in [0.25, 0.3) is 5.91 Å². The van der Waals surface area contributed by atoms with Crippen LogP contribution in [0.4, 0.5) is 4.79 Å². The molecule has 1 aliphatic carbocycles. The average molecular weight is 470 g/mol. The fourth-order valence-corrected chi connectivity index (χ4v) is 4.81. The van der Waals surface area contributed by atoms with Gasteiger partial charge in [0.2, 0.25) is 0 Å². The maximum atomic E-state index is 13.3. The van der Waals surface area contributed by atoms with Crippen molar-refractivity contribution in [1.82, 2.24) is 5.32 Å². The Morgan fingerprint density at radius 1 is 1.12 bits per heavy atom. The van der Waals surface area contributed by atoms with Crippen LogP contribution in [0.15, 0.2) is 48.2 Å². The predicted molar refractivity (Wildman–Crippen MR) is 127 cm³/mol. The highest BCUT2D eigenvalue weighted by atomic mass is 35.5. The standard InChI is InChI=1S/C26H28ClNO5/c1-4-32-25(30)33-23-22(24(29)28-26(23)13-11-20(31-3)12-14-26)21-15-18(6-5-16(21)2)17-7-9-19(27)10-8-17/h5-10,15,20H,4,11-14H2,1-3H3,(H,28,29). The molecule has 6 nitrogen and oxygen atoms in total. The Morgan fingerprint density at radius 2 is 1.79 bits per heavy atom. The Balaban J connectivity index is 1.82. The monoisotopic (exact) mass is 469 g/mol. The van der Waals surface area contributed by atoms with Crippen LogP contribution >= 0.6 is 11.6 Å². The van der Waals surface area contributed by atoms with Gasteiger partial charge in [0, 0.05) is 12.1 Å². The zero-order chi connectivity index (χ0) is 23.6. The second-order valence-corrected chi connectivity index (χ2v) is 8.93. The van der Waals surface area contributed by atoms with Gasteiger partial charge in [-0.2, -0.15) is 0 Å². The summed E-state index contributed by atoms with van der Waals surface area (Å²) in [5, 5.41) is 3.79. The molecule has 1 amide bonds. The van der Waals surface area contributed by atoms with E-state index < -0.39 is 11.7 Å². The molecular weight excluding hydrogens is 442 g/mol. The number of hydrogen-bond donors (Lipinski definition) is 1. The summed E-state index contributed by atoms with van der Waals surface area (Å²) in [6, 6.07) is 13.5. The number of hydrogen-bond acceptors (Lipinski definition) is 5. The van der Waals surface area contributed by atoms with Crippen LogP contribution in [0.2, 0.25) is 5.02 Å². The molecule has 174 valence electrons. The van der Waals surface area contributed by atoms with Crippen LogP contribution in [0, 0.1) is 6.92 Å². The first-order chi connectivity index (χ1) is 15.9. The van der Waals surface area contributed by atoms with Crippen LogP contribution in [0.3, 0.4) is 0 Å². The van der Waals surface area contributed by atoms with Gasteiger partial charge in [-0.1, -0.05) is 35.9 Å². The van der Waals surface area contributed by atoms with E-state index in [0.29, 0.717) is 29.2 Å². The number of ether oxygens (including phenoxy) is 3. The lowest BCUT2D eigenvalue weighted by atomic mass is 9.79. The van der Waals surface area contributed by atoms with E-state index in [1.54, 1.807) is 14.0 Å². The van der Waals surface area contributed by atoms with Crippen molar-refractivity contribution < 1.29 is 23.8 Å². The first-order valence-corrected chi connectivity index (χ1v) is 11.6. The highest BCUT2D eigenvalue weighted by Crippen LogP contribution is 2.44. The molecule has 1 saturated carbocycles. The Kier molecular flexibility index (Phi) is 6.77. The molecule has 2 aromatic rings. The molecule has 0 aromatic heterocycles. The van der Waals surface area contributed by atoms with E-state index in [2.05, 4.69) is 5.32 Å². The van der Waals surface area contributed by atoms with Crippen molar-refractivity contribution in [1.29, 1.82) is 0 Å². The van der Waals surface area contributed by atoms with Crippen molar-refractivity contribution >= 4 is 29.2 Å². The third kappa shape index (κ3) is 4.63. The first-order valence-electron chi connectivity index (χ1n) is 11.2. The third-order valence-electron chi connectivity index (χ3n) is 6.49. The highest BCUT2D eigenvalue weighted by molar-refractivity contribution is 6.30. The maximum absolute atomic E-state index is 13.3. The van der Waals surface area contributed by atoms with E-state index in [1.165, 1.54) is 0 Å².